The molecule has 6 nitrogen and oxygen atoms in total. The fraction of sp³-hybridized carbons (Fsp3) is 0.0588. The van der Waals surface area contributed by atoms with E-state index in [4.69, 9.17) is 4.74 Å². The van der Waals surface area contributed by atoms with Crippen LogP contribution in [0.15, 0.2) is 59.2 Å². The lowest BCUT2D eigenvalue weighted by atomic mass is 10.1. The van der Waals surface area contributed by atoms with Gasteiger partial charge in [-0.15, -0.1) is 0 Å². The Kier molecular flexibility index (Phi) is 4.29. The highest BCUT2D eigenvalue weighted by molar-refractivity contribution is 6.12. The van der Waals surface area contributed by atoms with Crippen LogP contribution in [0.1, 0.15) is 16.7 Å². The molecule has 1 aliphatic heterocycles. The van der Waals surface area contributed by atoms with E-state index in [1.54, 1.807) is 0 Å². The fourth-order valence-corrected chi connectivity index (χ4v) is 2.29. The van der Waals surface area contributed by atoms with Gasteiger partial charge in [-0.1, -0.05) is 18.2 Å². The first-order valence-electron chi connectivity index (χ1n) is 7.19. The van der Waals surface area contributed by atoms with Crippen molar-refractivity contribution in [2.75, 3.05) is 0 Å². The highest BCUT2D eigenvalue weighted by atomic mass is 19.4. The molecule has 2 aromatic rings. The van der Waals surface area contributed by atoms with Crippen molar-refractivity contribution < 1.29 is 27.6 Å². The number of carbonyl (C=O) groups excluding carboxylic acids is 1. The van der Waals surface area contributed by atoms with E-state index < -0.39 is 22.6 Å². The topological polar surface area (TPSA) is 81.8 Å². The van der Waals surface area contributed by atoms with E-state index in [-0.39, 0.29) is 28.4 Å². The van der Waals surface area contributed by atoms with Crippen LogP contribution in [0.5, 0.6) is 0 Å². The molecule has 0 aromatic heterocycles. The minimum atomic E-state index is -4.58. The van der Waals surface area contributed by atoms with Crippen LogP contribution in [-0.4, -0.2) is 16.8 Å². The number of esters is 1. The van der Waals surface area contributed by atoms with Gasteiger partial charge in [0, 0.05) is 17.7 Å². The summed E-state index contributed by atoms with van der Waals surface area (Å²) in [6, 6.07) is 9.81. The maximum Gasteiger partial charge on any atom is 0.416 e. The molecule has 0 N–H and O–H groups in total. The molecule has 0 spiro atoms. The summed E-state index contributed by atoms with van der Waals surface area (Å²) in [5.74, 6) is -1.05. The molecule has 0 aliphatic carbocycles. The predicted octanol–water partition coefficient (Wildman–Crippen LogP) is 3.96. The SMILES string of the molecule is O=C1OC(c2ccc([N+](=O)[O-])cc2)=NC1=Cc1ccccc1C(F)(F)F. The van der Waals surface area contributed by atoms with Crippen molar-refractivity contribution in [2.45, 2.75) is 6.18 Å². The number of nitro groups is 1. The van der Waals surface area contributed by atoms with Crippen LogP contribution < -0.4 is 0 Å². The number of hydrogen-bond acceptors (Lipinski definition) is 5. The average Bonchev–Trinajstić information content (AvgIpc) is 2.95. The number of non-ortho nitro benzene ring substituents is 1. The second-order valence-electron chi connectivity index (χ2n) is 5.23. The summed E-state index contributed by atoms with van der Waals surface area (Å²) in [6.07, 6.45) is -3.59. The molecule has 0 saturated carbocycles. The lowest BCUT2D eigenvalue weighted by Crippen LogP contribution is -2.08. The molecule has 0 bridgehead atoms. The fourth-order valence-electron chi connectivity index (χ4n) is 2.29. The lowest BCUT2D eigenvalue weighted by Gasteiger charge is -2.09. The molecule has 26 heavy (non-hydrogen) atoms. The molecule has 0 saturated heterocycles. The van der Waals surface area contributed by atoms with Crippen LogP contribution in [0.25, 0.3) is 6.08 Å². The number of carbonyl (C=O) groups is 1. The Morgan fingerprint density at radius 2 is 1.73 bits per heavy atom. The summed E-state index contributed by atoms with van der Waals surface area (Å²) in [6.45, 7) is 0. The number of nitro benzene ring substituents is 1. The third-order valence-electron chi connectivity index (χ3n) is 3.50. The van der Waals surface area contributed by atoms with Gasteiger partial charge in [0.25, 0.3) is 5.69 Å². The van der Waals surface area contributed by atoms with Crippen molar-refractivity contribution in [3.05, 3.63) is 81.0 Å². The monoisotopic (exact) mass is 362 g/mol. The summed E-state index contributed by atoms with van der Waals surface area (Å²) in [5, 5.41) is 10.6. The molecular formula is C17H9F3N2O4. The van der Waals surface area contributed by atoms with Gasteiger partial charge in [0.05, 0.1) is 10.5 Å². The molecule has 9 heteroatoms. The van der Waals surface area contributed by atoms with Gasteiger partial charge in [0.2, 0.25) is 5.90 Å². The van der Waals surface area contributed by atoms with E-state index in [1.807, 2.05) is 0 Å². The van der Waals surface area contributed by atoms with E-state index in [2.05, 4.69) is 4.99 Å². The Labute approximate surface area is 144 Å². The Morgan fingerprint density at radius 1 is 1.08 bits per heavy atom. The van der Waals surface area contributed by atoms with Gasteiger partial charge >= 0.3 is 12.1 Å². The van der Waals surface area contributed by atoms with Gasteiger partial charge in [0.15, 0.2) is 5.70 Å². The van der Waals surface area contributed by atoms with E-state index in [0.29, 0.717) is 0 Å². The van der Waals surface area contributed by atoms with Crippen molar-refractivity contribution in [1.82, 2.24) is 0 Å². The van der Waals surface area contributed by atoms with Gasteiger partial charge in [0.1, 0.15) is 0 Å². The van der Waals surface area contributed by atoms with E-state index in [0.717, 1.165) is 12.1 Å². The molecule has 0 atom stereocenters. The number of rotatable bonds is 3. The Balaban J connectivity index is 1.96. The van der Waals surface area contributed by atoms with Gasteiger partial charge in [-0.25, -0.2) is 9.79 Å². The van der Waals surface area contributed by atoms with E-state index >= 15 is 0 Å². The number of hydrogen-bond donors (Lipinski definition) is 0. The molecule has 132 valence electrons. The highest BCUT2D eigenvalue weighted by Crippen LogP contribution is 2.33. The number of halogens is 3. The zero-order valence-electron chi connectivity index (χ0n) is 12.9. The molecular weight excluding hydrogens is 353 g/mol. The quantitative estimate of drug-likeness (QED) is 0.358. The summed E-state index contributed by atoms with van der Waals surface area (Å²) >= 11 is 0. The Hall–Kier alpha value is -3.49. The molecule has 0 fully saturated rings. The molecule has 3 rings (SSSR count). The number of benzene rings is 2. The number of cyclic esters (lactones) is 1. The molecule has 0 unspecified atom stereocenters. The summed E-state index contributed by atoms with van der Waals surface area (Å²) in [4.78, 5) is 25.9. The molecule has 1 heterocycles. The van der Waals surface area contributed by atoms with Crippen molar-refractivity contribution in [3.8, 4) is 0 Å². The first kappa shape index (κ1) is 17.3. The third kappa shape index (κ3) is 3.46. The average molecular weight is 362 g/mol. The van der Waals surface area contributed by atoms with Crippen molar-refractivity contribution in [1.29, 1.82) is 0 Å². The maximum absolute atomic E-state index is 13.0. The number of ether oxygens (including phenoxy) is 1. The first-order valence-corrected chi connectivity index (χ1v) is 7.19. The lowest BCUT2D eigenvalue weighted by molar-refractivity contribution is -0.384. The third-order valence-corrected chi connectivity index (χ3v) is 3.50. The molecule has 2 aromatic carbocycles. The minimum Gasteiger partial charge on any atom is -0.402 e. The number of nitrogens with zero attached hydrogens (tertiary/aromatic N) is 2. The van der Waals surface area contributed by atoms with Crippen molar-refractivity contribution in [3.63, 3.8) is 0 Å². The normalized spacial score (nSPS) is 15.7. The Bertz CT molecular complexity index is 947. The van der Waals surface area contributed by atoms with Crippen molar-refractivity contribution in [2.24, 2.45) is 4.99 Å². The zero-order valence-corrected chi connectivity index (χ0v) is 12.9. The van der Waals surface area contributed by atoms with Crippen LogP contribution in [0, 0.1) is 10.1 Å². The van der Waals surface area contributed by atoms with E-state index in [9.17, 15) is 28.1 Å². The minimum absolute atomic E-state index is 0.138. The summed E-state index contributed by atoms with van der Waals surface area (Å²) in [5.41, 5.74) is -1.29. The second kappa shape index (κ2) is 6.43. The van der Waals surface area contributed by atoms with Crippen molar-refractivity contribution >= 4 is 23.6 Å². The predicted molar refractivity (Wildman–Crippen MR) is 85.1 cm³/mol. The largest absolute Gasteiger partial charge is 0.416 e. The molecule has 0 amide bonds. The summed E-state index contributed by atoms with van der Waals surface area (Å²) in [7, 11) is 0. The van der Waals surface area contributed by atoms with Crippen LogP contribution >= 0.6 is 0 Å². The smallest absolute Gasteiger partial charge is 0.402 e. The number of aliphatic imine (C=N–C) groups is 1. The van der Waals surface area contributed by atoms with E-state index in [1.165, 1.54) is 42.5 Å². The standard InChI is InChI=1S/C17H9F3N2O4/c18-17(19,20)13-4-2-1-3-11(13)9-14-16(23)26-15(21-14)10-5-7-12(8-6-10)22(24)25/h1-9H. The van der Waals surface area contributed by atoms with Crippen LogP contribution in [0.4, 0.5) is 18.9 Å². The number of alkyl halides is 3. The van der Waals surface area contributed by atoms with Crippen LogP contribution in [0.3, 0.4) is 0 Å². The van der Waals surface area contributed by atoms with Gasteiger partial charge in [-0.2, -0.15) is 13.2 Å². The van der Waals surface area contributed by atoms with Gasteiger partial charge < -0.3 is 4.74 Å². The first-order chi connectivity index (χ1) is 12.3. The maximum atomic E-state index is 13.0. The Morgan fingerprint density at radius 3 is 2.35 bits per heavy atom. The van der Waals surface area contributed by atoms with Gasteiger partial charge in [-0.3, -0.25) is 10.1 Å². The highest BCUT2D eigenvalue weighted by Gasteiger charge is 2.33. The van der Waals surface area contributed by atoms with Crippen LogP contribution in [-0.2, 0) is 15.7 Å². The molecule has 0 radical (unpaired) electrons. The van der Waals surface area contributed by atoms with Gasteiger partial charge in [-0.05, 0) is 29.8 Å². The zero-order chi connectivity index (χ0) is 18.9. The summed E-state index contributed by atoms with van der Waals surface area (Å²) < 4.78 is 44.0. The van der Waals surface area contributed by atoms with Crippen LogP contribution in [0.2, 0.25) is 0 Å². The second-order valence-corrected chi connectivity index (χ2v) is 5.23. The molecule has 1 aliphatic rings.